The molecule has 0 spiro atoms. The van der Waals surface area contributed by atoms with Gasteiger partial charge >= 0.3 is 0 Å². The highest BCUT2D eigenvalue weighted by molar-refractivity contribution is 6.18. The first-order valence-corrected chi connectivity index (χ1v) is 11.0. The van der Waals surface area contributed by atoms with Gasteiger partial charge in [-0.15, -0.1) is 0 Å². The number of halogens is 1. The lowest BCUT2D eigenvalue weighted by molar-refractivity contribution is -0.150. The smallest absolute Gasteiger partial charge is 0.277 e. The fourth-order valence-electron chi connectivity index (χ4n) is 4.11. The second-order valence-electron chi connectivity index (χ2n) is 8.31. The average Bonchev–Trinajstić information content (AvgIpc) is 3.44. The summed E-state index contributed by atoms with van der Waals surface area (Å²) in [6, 6.07) is 6.76. The Kier molecular flexibility index (Phi) is 5.84. The van der Waals surface area contributed by atoms with Crippen LogP contribution < -0.4 is 5.32 Å². The van der Waals surface area contributed by atoms with E-state index < -0.39 is 35.5 Å². The van der Waals surface area contributed by atoms with Crippen molar-refractivity contribution >= 4 is 23.6 Å². The summed E-state index contributed by atoms with van der Waals surface area (Å²) in [6.07, 6.45) is 4.36. The molecule has 1 atom stereocenters. The molecule has 2 aliphatic rings. The summed E-state index contributed by atoms with van der Waals surface area (Å²) < 4.78 is 19.7. The van der Waals surface area contributed by atoms with Crippen molar-refractivity contribution in [2.45, 2.75) is 25.4 Å². The van der Waals surface area contributed by atoms with Crippen molar-refractivity contribution in [3.05, 3.63) is 66.2 Å². The quantitative estimate of drug-likeness (QED) is 0.508. The molecule has 1 fully saturated rings. The van der Waals surface area contributed by atoms with Crippen molar-refractivity contribution < 1.29 is 28.1 Å². The second kappa shape index (κ2) is 9.13. The lowest BCUT2D eigenvalue weighted by atomic mass is 10.0. The van der Waals surface area contributed by atoms with E-state index in [-0.39, 0.29) is 36.8 Å². The summed E-state index contributed by atoms with van der Waals surface area (Å²) in [7, 11) is 1.56. The van der Waals surface area contributed by atoms with Gasteiger partial charge < -0.3 is 9.42 Å². The number of hydrogen-bond acceptors (Lipinski definition) is 9. The first-order chi connectivity index (χ1) is 17.3. The van der Waals surface area contributed by atoms with Crippen molar-refractivity contribution in [2.24, 2.45) is 0 Å². The highest BCUT2D eigenvalue weighted by atomic mass is 19.1. The van der Waals surface area contributed by atoms with E-state index in [0.29, 0.717) is 16.7 Å². The van der Waals surface area contributed by atoms with Crippen LogP contribution in [0.2, 0.25) is 0 Å². The maximum absolute atomic E-state index is 14.4. The van der Waals surface area contributed by atoms with Crippen molar-refractivity contribution in [3.8, 4) is 22.5 Å². The molecule has 0 aliphatic carbocycles. The van der Waals surface area contributed by atoms with E-state index in [4.69, 9.17) is 4.52 Å². The number of pyridine rings is 1. The molecular formula is C24H19FN6O5. The third-order valence-corrected chi connectivity index (χ3v) is 5.92. The van der Waals surface area contributed by atoms with Crippen LogP contribution in [0.1, 0.15) is 18.7 Å². The van der Waals surface area contributed by atoms with Gasteiger partial charge in [-0.05, 0) is 42.3 Å². The van der Waals surface area contributed by atoms with E-state index in [1.54, 1.807) is 37.6 Å². The maximum Gasteiger partial charge on any atom is 0.277 e. The molecule has 3 aromatic rings. The van der Waals surface area contributed by atoms with Crippen molar-refractivity contribution in [1.29, 1.82) is 0 Å². The average molecular weight is 490 g/mol. The van der Waals surface area contributed by atoms with E-state index in [0.717, 1.165) is 11.0 Å². The summed E-state index contributed by atoms with van der Waals surface area (Å²) in [4.78, 5) is 59.6. The molecule has 2 aromatic heterocycles. The molecule has 182 valence electrons. The number of nitrogens with zero attached hydrogens (tertiary/aromatic N) is 5. The minimum atomic E-state index is -1.05. The van der Waals surface area contributed by atoms with Crippen LogP contribution in [0.15, 0.2) is 59.0 Å². The Hall–Kier alpha value is -4.74. The van der Waals surface area contributed by atoms with Crippen molar-refractivity contribution in [2.75, 3.05) is 7.05 Å². The molecule has 2 aliphatic heterocycles. The van der Waals surface area contributed by atoms with Crippen molar-refractivity contribution in [1.82, 2.24) is 30.2 Å². The van der Waals surface area contributed by atoms with Gasteiger partial charge in [-0.1, -0.05) is 5.16 Å². The molecule has 11 nitrogen and oxygen atoms in total. The molecule has 4 amide bonds. The number of piperidine rings is 1. The number of carbonyl (C=O) groups is 4. The molecule has 1 aromatic carbocycles. The van der Waals surface area contributed by atoms with Crippen LogP contribution in [0.4, 0.5) is 4.39 Å². The third kappa shape index (κ3) is 4.24. The summed E-state index contributed by atoms with van der Waals surface area (Å²) in [5.74, 6) is -2.45. The fourth-order valence-corrected chi connectivity index (χ4v) is 4.11. The molecule has 4 heterocycles. The summed E-state index contributed by atoms with van der Waals surface area (Å²) in [6.45, 7) is -0.000547. The van der Waals surface area contributed by atoms with Crippen LogP contribution >= 0.6 is 0 Å². The monoisotopic (exact) mass is 490 g/mol. The van der Waals surface area contributed by atoms with Crippen LogP contribution in [0.3, 0.4) is 0 Å². The van der Waals surface area contributed by atoms with Gasteiger partial charge in [-0.25, -0.2) is 4.39 Å². The lowest BCUT2D eigenvalue weighted by Crippen LogP contribution is -2.54. The minimum Gasteiger partial charge on any atom is -0.361 e. The molecule has 0 saturated carbocycles. The van der Waals surface area contributed by atoms with Gasteiger partial charge in [0, 0.05) is 43.1 Å². The van der Waals surface area contributed by atoms with E-state index in [1.807, 2.05) is 0 Å². The number of imide groups is 2. The third-order valence-electron chi connectivity index (χ3n) is 5.92. The van der Waals surface area contributed by atoms with Gasteiger partial charge in [0.1, 0.15) is 17.6 Å². The summed E-state index contributed by atoms with van der Waals surface area (Å²) >= 11 is 0. The Morgan fingerprint density at radius 2 is 1.92 bits per heavy atom. The van der Waals surface area contributed by atoms with Gasteiger partial charge in [0.2, 0.25) is 23.5 Å². The highest BCUT2D eigenvalue weighted by Gasteiger charge is 2.43. The van der Waals surface area contributed by atoms with Gasteiger partial charge in [-0.2, -0.15) is 4.98 Å². The Bertz CT molecular complexity index is 1420. The summed E-state index contributed by atoms with van der Waals surface area (Å²) in [5, 5.41) is 6.10. The number of benzene rings is 1. The van der Waals surface area contributed by atoms with E-state index in [9.17, 15) is 23.6 Å². The number of nitrogens with one attached hydrogen (secondary N) is 1. The molecule has 1 N–H and O–H groups in total. The topological polar surface area (TPSA) is 139 Å². The predicted octanol–water partition coefficient (Wildman–Crippen LogP) is 1.43. The molecule has 1 saturated heterocycles. The van der Waals surface area contributed by atoms with Crippen LogP contribution in [0.25, 0.3) is 22.5 Å². The highest BCUT2D eigenvalue weighted by Crippen LogP contribution is 2.28. The first kappa shape index (κ1) is 23.0. The molecule has 0 bridgehead atoms. The van der Waals surface area contributed by atoms with Crippen LogP contribution in [-0.4, -0.2) is 61.6 Å². The zero-order valence-electron chi connectivity index (χ0n) is 19.0. The van der Waals surface area contributed by atoms with E-state index in [2.05, 4.69) is 20.4 Å². The zero-order valence-corrected chi connectivity index (χ0v) is 19.0. The maximum atomic E-state index is 14.4. The van der Waals surface area contributed by atoms with E-state index in [1.165, 1.54) is 17.0 Å². The molecule has 0 radical (unpaired) electrons. The number of hydrogen-bond donors (Lipinski definition) is 1. The molecule has 36 heavy (non-hydrogen) atoms. The molecule has 12 heteroatoms. The predicted molar refractivity (Wildman–Crippen MR) is 120 cm³/mol. The second-order valence-corrected chi connectivity index (χ2v) is 8.31. The minimum absolute atomic E-state index is 0.000547. The number of aromatic nitrogens is 3. The van der Waals surface area contributed by atoms with Crippen LogP contribution in [-0.2, 0) is 25.7 Å². The van der Waals surface area contributed by atoms with Crippen LogP contribution in [0, 0.1) is 5.82 Å². The Morgan fingerprint density at radius 1 is 1.14 bits per heavy atom. The molecule has 1 unspecified atom stereocenters. The fraction of sp³-hybridized carbons (Fsp3) is 0.208. The zero-order chi connectivity index (χ0) is 25.4. The number of likely N-dealkylation sites (N-methyl/N-ethyl adjacent to an activating group) is 1. The normalized spacial score (nSPS) is 17.9. The van der Waals surface area contributed by atoms with Gasteiger partial charge in [-0.3, -0.25) is 34.4 Å². The largest absolute Gasteiger partial charge is 0.361 e. The van der Waals surface area contributed by atoms with Crippen LogP contribution in [0.5, 0.6) is 0 Å². The Labute approximate surface area is 203 Å². The standard InChI is InChI=1S/C24H19FN6O5/c1-30(18-11-21(33)31(24(18)35)17-4-5-19(32)27-23(17)34)12-20-28-22(29-36-20)14-2-3-16(25)15(10-14)13-6-8-26-9-7-13/h2-3,6-11,17H,4-5,12H2,1H3,(H,27,32,34). The first-order valence-electron chi connectivity index (χ1n) is 11.0. The van der Waals surface area contributed by atoms with Gasteiger partial charge in [0.15, 0.2) is 0 Å². The SMILES string of the molecule is CN(Cc1nc(-c2ccc(F)c(-c3ccncc3)c2)no1)C1=CC(=O)N(C2CCC(=O)NC2=O)C1=O. The molecular weight excluding hydrogens is 471 g/mol. The van der Waals surface area contributed by atoms with Gasteiger partial charge in [0.05, 0.1) is 6.54 Å². The van der Waals surface area contributed by atoms with Crippen molar-refractivity contribution in [3.63, 3.8) is 0 Å². The Morgan fingerprint density at radius 3 is 2.67 bits per heavy atom. The number of amides is 4. The van der Waals surface area contributed by atoms with E-state index >= 15 is 0 Å². The Balaban J connectivity index is 1.31. The summed E-state index contributed by atoms with van der Waals surface area (Å²) in [5.41, 5.74) is 1.57. The van der Waals surface area contributed by atoms with Gasteiger partial charge in [0.25, 0.3) is 11.8 Å². The lowest BCUT2D eigenvalue weighted by Gasteiger charge is -2.29. The molecule has 5 rings (SSSR count). The number of carbonyl (C=O) groups excluding carboxylic acids is 4. The number of rotatable bonds is 6.